The zero-order chi connectivity index (χ0) is 16.9. The van der Waals surface area contributed by atoms with Crippen molar-refractivity contribution in [1.82, 2.24) is 4.98 Å². The highest BCUT2D eigenvalue weighted by molar-refractivity contribution is 5.74. The van der Waals surface area contributed by atoms with Crippen LogP contribution in [0.4, 0.5) is 19.2 Å². The first-order valence-corrected chi connectivity index (χ1v) is 4.86. The Morgan fingerprint density at radius 2 is 1.18 bits per heavy atom. The molecule has 0 spiro atoms. The second kappa shape index (κ2) is 6.60. The minimum atomic E-state index is -2.01. The van der Waals surface area contributed by atoms with Gasteiger partial charge in [0.2, 0.25) is 11.5 Å². The molecule has 0 radical (unpaired) electrons. The first-order valence-electron chi connectivity index (χ1n) is 4.86. The van der Waals surface area contributed by atoms with Gasteiger partial charge in [0, 0.05) is 0 Å². The second-order valence-electron chi connectivity index (χ2n) is 3.06. The van der Waals surface area contributed by atoms with E-state index >= 15 is 0 Å². The van der Waals surface area contributed by atoms with Gasteiger partial charge in [0.1, 0.15) is 0 Å². The highest BCUT2D eigenvalue weighted by Crippen LogP contribution is 2.43. The highest BCUT2D eigenvalue weighted by atomic mass is 16.7. The molecule has 0 saturated heterocycles. The molecular weight excluding hydrogens is 314 g/mol. The number of carboxylic acid groups (broad SMARTS) is 4. The summed E-state index contributed by atoms with van der Waals surface area (Å²) >= 11 is 0. The number of carbonyl (C=O) groups is 4. The lowest BCUT2D eigenvalue weighted by molar-refractivity contribution is 0.121. The molecule has 13 nitrogen and oxygen atoms in total. The van der Waals surface area contributed by atoms with Gasteiger partial charge >= 0.3 is 24.6 Å². The molecule has 1 heterocycles. The van der Waals surface area contributed by atoms with Crippen molar-refractivity contribution in [2.24, 2.45) is 0 Å². The quantitative estimate of drug-likeness (QED) is 0.579. The highest BCUT2D eigenvalue weighted by Gasteiger charge is 2.27. The van der Waals surface area contributed by atoms with E-state index in [1.54, 1.807) is 0 Å². The monoisotopic (exact) mass is 319 g/mol. The molecule has 0 aliphatic carbocycles. The molecule has 1 aromatic heterocycles. The van der Waals surface area contributed by atoms with E-state index in [1.807, 2.05) is 0 Å². The first-order chi connectivity index (χ1) is 10.2. The maximum atomic E-state index is 10.6. The van der Waals surface area contributed by atoms with Crippen LogP contribution in [-0.2, 0) is 0 Å². The van der Waals surface area contributed by atoms with Gasteiger partial charge in [0.25, 0.3) is 5.88 Å². The van der Waals surface area contributed by atoms with Crippen LogP contribution in [-0.4, -0.2) is 50.0 Å². The minimum Gasteiger partial charge on any atom is -0.449 e. The average molecular weight is 319 g/mol. The Hall–Kier alpha value is -3.77. The fourth-order valence-corrected chi connectivity index (χ4v) is 1.13. The van der Waals surface area contributed by atoms with E-state index in [2.05, 4.69) is 23.9 Å². The van der Waals surface area contributed by atoms with Crippen LogP contribution in [0.1, 0.15) is 0 Å². The number of nitrogens with zero attached hydrogens (tertiary/aromatic N) is 1. The van der Waals surface area contributed by atoms with E-state index in [1.165, 1.54) is 0 Å². The molecule has 0 amide bonds. The Bertz CT molecular complexity index is 583. The van der Waals surface area contributed by atoms with Crippen molar-refractivity contribution in [2.45, 2.75) is 0 Å². The summed E-state index contributed by atoms with van der Waals surface area (Å²) in [6.07, 6.45) is -7.34. The summed E-state index contributed by atoms with van der Waals surface area (Å²) in [4.78, 5) is 45.3. The van der Waals surface area contributed by atoms with Crippen molar-refractivity contribution in [2.75, 3.05) is 0 Å². The summed E-state index contributed by atoms with van der Waals surface area (Å²) in [5.74, 6) is -4.09. The van der Waals surface area contributed by atoms with Gasteiger partial charge in [-0.1, -0.05) is 0 Å². The smallest absolute Gasteiger partial charge is 0.449 e. The first kappa shape index (κ1) is 16.3. The standard InChI is InChI=1S/C9H5NO12/c11-6(12)19-2-1-10-5(22-9(17)18)4(21-8(15)16)3(2)20-7(13)14/h1H,(H,11,12)(H,13,14)(H,15,16)(H,17,18). The lowest BCUT2D eigenvalue weighted by Gasteiger charge is -2.12. The van der Waals surface area contributed by atoms with Gasteiger partial charge in [-0.25, -0.2) is 24.2 Å². The van der Waals surface area contributed by atoms with Gasteiger partial charge in [-0.2, -0.15) is 0 Å². The zero-order valence-corrected chi connectivity index (χ0v) is 10.1. The summed E-state index contributed by atoms with van der Waals surface area (Å²) in [7, 11) is 0. The van der Waals surface area contributed by atoms with Crippen LogP contribution >= 0.6 is 0 Å². The van der Waals surface area contributed by atoms with Gasteiger partial charge in [-0.15, -0.1) is 0 Å². The second-order valence-corrected chi connectivity index (χ2v) is 3.06. The van der Waals surface area contributed by atoms with E-state index in [9.17, 15) is 19.2 Å². The van der Waals surface area contributed by atoms with Gasteiger partial charge in [-0.3, -0.25) is 0 Å². The fraction of sp³-hybridized carbons (Fsp3) is 0. The Balaban J connectivity index is 3.48. The lowest BCUT2D eigenvalue weighted by Crippen LogP contribution is -2.14. The molecule has 4 N–H and O–H groups in total. The third kappa shape index (κ3) is 4.41. The normalized spacial score (nSPS) is 9.45. The Morgan fingerprint density at radius 1 is 0.727 bits per heavy atom. The van der Waals surface area contributed by atoms with Crippen LogP contribution in [0, 0.1) is 0 Å². The molecule has 0 aliphatic heterocycles. The summed E-state index contributed by atoms with van der Waals surface area (Å²) in [6.45, 7) is 0. The molecular formula is C9H5NO12. The molecule has 0 unspecified atom stereocenters. The Morgan fingerprint density at radius 3 is 1.64 bits per heavy atom. The number of rotatable bonds is 4. The van der Waals surface area contributed by atoms with Crippen molar-refractivity contribution in [3.05, 3.63) is 6.20 Å². The molecule has 0 aliphatic rings. The van der Waals surface area contributed by atoms with E-state index in [0.717, 1.165) is 0 Å². The number of hydrogen-bond donors (Lipinski definition) is 4. The van der Waals surface area contributed by atoms with Gasteiger partial charge in [0.15, 0.2) is 5.75 Å². The van der Waals surface area contributed by atoms with Gasteiger partial charge in [0.05, 0.1) is 6.20 Å². The SMILES string of the molecule is O=C(O)Oc1cnc(OC(=O)O)c(OC(=O)O)c1OC(=O)O. The van der Waals surface area contributed by atoms with E-state index in [-0.39, 0.29) is 0 Å². The molecule has 0 bridgehead atoms. The van der Waals surface area contributed by atoms with Crippen molar-refractivity contribution in [1.29, 1.82) is 0 Å². The van der Waals surface area contributed by atoms with Crippen LogP contribution in [0.3, 0.4) is 0 Å². The molecule has 1 rings (SSSR count). The maximum Gasteiger partial charge on any atom is 0.512 e. The molecule has 22 heavy (non-hydrogen) atoms. The largest absolute Gasteiger partial charge is 0.512 e. The Labute approximate surface area is 118 Å². The molecule has 0 saturated carbocycles. The number of hydrogen-bond acceptors (Lipinski definition) is 9. The summed E-state index contributed by atoms with van der Waals surface area (Å²) in [6, 6.07) is 0. The third-order valence-electron chi connectivity index (χ3n) is 1.68. The summed E-state index contributed by atoms with van der Waals surface area (Å²) < 4.78 is 16.4. The van der Waals surface area contributed by atoms with Gasteiger partial charge in [-0.05, 0) is 0 Å². The van der Waals surface area contributed by atoms with Gasteiger partial charge < -0.3 is 39.4 Å². The molecule has 0 fully saturated rings. The predicted octanol–water partition coefficient (Wildman–Crippen LogP) is 1.31. The van der Waals surface area contributed by atoms with Crippen LogP contribution in [0.5, 0.6) is 23.1 Å². The van der Waals surface area contributed by atoms with Crippen LogP contribution in [0.25, 0.3) is 0 Å². The van der Waals surface area contributed by atoms with Crippen molar-refractivity contribution in [3.8, 4) is 23.1 Å². The number of ether oxygens (including phenoxy) is 4. The zero-order valence-electron chi connectivity index (χ0n) is 10.1. The van der Waals surface area contributed by atoms with Crippen molar-refractivity contribution >= 4 is 24.6 Å². The predicted molar refractivity (Wildman–Crippen MR) is 58.8 cm³/mol. The van der Waals surface area contributed by atoms with E-state index in [0.29, 0.717) is 6.20 Å². The number of pyridine rings is 1. The fourth-order valence-electron chi connectivity index (χ4n) is 1.13. The van der Waals surface area contributed by atoms with Crippen LogP contribution < -0.4 is 18.9 Å². The van der Waals surface area contributed by atoms with Crippen molar-refractivity contribution in [3.63, 3.8) is 0 Å². The molecule has 0 aromatic carbocycles. The molecule has 1 aromatic rings. The number of aromatic nitrogens is 1. The minimum absolute atomic E-state index is 0.527. The van der Waals surface area contributed by atoms with Crippen LogP contribution in [0.2, 0.25) is 0 Å². The van der Waals surface area contributed by atoms with Crippen LogP contribution in [0.15, 0.2) is 6.20 Å². The van der Waals surface area contributed by atoms with Crippen molar-refractivity contribution < 1.29 is 58.6 Å². The topological polar surface area (TPSA) is 199 Å². The molecule has 0 atom stereocenters. The Kier molecular flexibility index (Phi) is 4.88. The average Bonchev–Trinajstić information content (AvgIpc) is 2.34. The maximum absolute atomic E-state index is 10.6. The van der Waals surface area contributed by atoms with E-state index in [4.69, 9.17) is 20.4 Å². The molecule has 118 valence electrons. The summed E-state index contributed by atoms with van der Waals surface area (Å²) in [5, 5.41) is 34.0. The molecule has 13 heteroatoms. The lowest BCUT2D eigenvalue weighted by atomic mass is 10.3. The summed E-state index contributed by atoms with van der Waals surface area (Å²) in [5.41, 5.74) is 0. The van der Waals surface area contributed by atoms with E-state index < -0.39 is 47.7 Å². The third-order valence-corrected chi connectivity index (χ3v) is 1.68.